The molecule has 1 aliphatic rings. The Morgan fingerprint density at radius 2 is 1.94 bits per heavy atom. The van der Waals surface area contributed by atoms with Gasteiger partial charge in [0.25, 0.3) is 5.56 Å². The number of H-pyrrole nitrogens is 1. The van der Waals surface area contributed by atoms with E-state index in [0.717, 1.165) is 41.6 Å². The third-order valence-corrected chi connectivity index (χ3v) is 7.49. The number of nitrogens with zero attached hydrogens (tertiary/aromatic N) is 2. The van der Waals surface area contributed by atoms with E-state index < -0.39 is 0 Å². The molecule has 6 nitrogen and oxygen atoms in total. The number of aromatic nitrogens is 2. The minimum Gasteiger partial charge on any atom is -0.349 e. The number of benzene rings is 2. The van der Waals surface area contributed by atoms with Gasteiger partial charge in [-0.25, -0.2) is 4.98 Å². The van der Waals surface area contributed by atoms with Gasteiger partial charge in [-0.2, -0.15) is 0 Å². The van der Waals surface area contributed by atoms with Crippen LogP contribution in [0.15, 0.2) is 64.8 Å². The maximum absolute atomic E-state index is 13.0. The van der Waals surface area contributed by atoms with E-state index in [9.17, 15) is 9.59 Å². The number of piperidine rings is 1. The number of carbonyl (C=O) groups is 1. The molecule has 1 saturated heterocycles. The Morgan fingerprint density at radius 1 is 1.18 bits per heavy atom. The summed E-state index contributed by atoms with van der Waals surface area (Å²) in [6.07, 6.45) is 1.69. The van der Waals surface area contributed by atoms with Gasteiger partial charge in [0.15, 0.2) is 0 Å². The summed E-state index contributed by atoms with van der Waals surface area (Å²) >= 11 is 1.42. The molecule has 3 heterocycles. The summed E-state index contributed by atoms with van der Waals surface area (Å²) in [7, 11) is 0. The monoisotopic (exact) mass is 472 g/mol. The lowest BCUT2D eigenvalue weighted by Crippen LogP contribution is -2.44. The fourth-order valence-electron chi connectivity index (χ4n) is 4.54. The topological polar surface area (TPSA) is 78.1 Å². The van der Waals surface area contributed by atoms with E-state index in [0.29, 0.717) is 17.2 Å². The van der Waals surface area contributed by atoms with Gasteiger partial charge in [0.1, 0.15) is 4.70 Å². The lowest BCUT2D eigenvalue weighted by Gasteiger charge is -2.33. The summed E-state index contributed by atoms with van der Waals surface area (Å²) in [5.74, 6) is 0.429. The molecular weight excluding hydrogens is 444 g/mol. The van der Waals surface area contributed by atoms with E-state index in [-0.39, 0.29) is 23.4 Å². The summed E-state index contributed by atoms with van der Waals surface area (Å²) in [6, 6.07) is 18.2. The molecule has 0 bridgehead atoms. The van der Waals surface area contributed by atoms with Gasteiger partial charge in [-0.3, -0.25) is 14.6 Å². The molecular formula is C27H28N4O2S. The van der Waals surface area contributed by atoms with Gasteiger partial charge in [-0.15, -0.1) is 11.3 Å². The fraction of sp³-hybridized carbons (Fsp3) is 0.296. The Hall–Kier alpha value is -3.45. The third kappa shape index (κ3) is 4.48. The second-order valence-electron chi connectivity index (χ2n) is 9.01. The molecule has 2 aromatic heterocycles. The second kappa shape index (κ2) is 9.43. The maximum atomic E-state index is 13.0. The van der Waals surface area contributed by atoms with Crippen molar-refractivity contribution in [3.05, 3.63) is 81.5 Å². The minimum atomic E-state index is -0.153. The van der Waals surface area contributed by atoms with Crippen molar-refractivity contribution in [2.45, 2.75) is 32.7 Å². The zero-order valence-electron chi connectivity index (χ0n) is 19.4. The molecule has 34 heavy (non-hydrogen) atoms. The van der Waals surface area contributed by atoms with Crippen LogP contribution in [-0.4, -0.2) is 29.0 Å². The number of nitrogens with one attached hydrogen (secondary N) is 2. The molecule has 0 aliphatic carbocycles. The number of hydrogen-bond acceptors (Lipinski definition) is 5. The van der Waals surface area contributed by atoms with Gasteiger partial charge in [0, 0.05) is 24.0 Å². The molecule has 1 amide bonds. The predicted molar refractivity (Wildman–Crippen MR) is 138 cm³/mol. The molecule has 0 radical (unpaired) electrons. The number of amides is 1. The van der Waals surface area contributed by atoms with Gasteiger partial charge in [-0.05, 0) is 37.8 Å². The molecule has 2 N–H and O–H groups in total. The Bertz CT molecular complexity index is 1360. The number of rotatable bonds is 5. The van der Waals surface area contributed by atoms with Crippen LogP contribution in [0.3, 0.4) is 0 Å². The molecule has 0 saturated carbocycles. The van der Waals surface area contributed by atoms with Crippen LogP contribution in [0, 0.1) is 12.8 Å². The predicted octanol–water partition coefficient (Wildman–Crippen LogP) is 5.05. The molecule has 0 spiro atoms. The number of aryl methyl sites for hydroxylation is 1. The largest absolute Gasteiger partial charge is 0.349 e. The molecule has 0 unspecified atom stereocenters. The molecule has 174 valence electrons. The van der Waals surface area contributed by atoms with Crippen molar-refractivity contribution < 1.29 is 4.79 Å². The number of fused-ring (bicyclic) bond motifs is 1. The number of thiophene rings is 1. The SMILES string of the molecule is Cc1ccc(-c2csc3c(=O)[nH]c(N4CCC[C@H](C(=O)N[C@H](C)c5ccccc5)C4)nc23)cc1. The number of aromatic amines is 1. The van der Waals surface area contributed by atoms with E-state index in [1.807, 2.05) is 47.5 Å². The molecule has 4 aromatic rings. The van der Waals surface area contributed by atoms with E-state index in [1.54, 1.807) is 0 Å². The van der Waals surface area contributed by atoms with Crippen molar-refractivity contribution in [3.63, 3.8) is 0 Å². The summed E-state index contributed by atoms with van der Waals surface area (Å²) in [4.78, 5) is 35.8. The van der Waals surface area contributed by atoms with E-state index in [2.05, 4.69) is 41.5 Å². The molecule has 2 aromatic carbocycles. The van der Waals surface area contributed by atoms with Gasteiger partial charge < -0.3 is 10.2 Å². The van der Waals surface area contributed by atoms with Crippen molar-refractivity contribution in [1.29, 1.82) is 0 Å². The van der Waals surface area contributed by atoms with Crippen LogP contribution < -0.4 is 15.8 Å². The standard InChI is InChI=1S/C27H28N4O2S/c1-17-10-12-20(13-11-17)22-16-34-24-23(22)29-27(30-26(24)33)31-14-6-9-21(15-31)25(32)28-18(2)19-7-4-3-5-8-19/h3-5,7-8,10-13,16,18,21H,6,9,14-15H2,1-2H3,(H,28,32)(H,29,30,33)/t18-,21+/m1/s1. The molecule has 7 heteroatoms. The zero-order chi connectivity index (χ0) is 23.7. The highest BCUT2D eigenvalue weighted by molar-refractivity contribution is 7.17. The normalized spacial score (nSPS) is 17.0. The smallest absolute Gasteiger partial charge is 0.270 e. The lowest BCUT2D eigenvalue weighted by atomic mass is 9.96. The average Bonchev–Trinajstić information content (AvgIpc) is 3.30. The first kappa shape index (κ1) is 22.3. The highest BCUT2D eigenvalue weighted by atomic mass is 32.1. The number of hydrogen-bond donors (Lipinski definition) is 2. The van der Waals surface area contributed by atoms with E-state index >= 15 is 0 Å². The average molecular weight is 473 g/mol. The first-order valence-electron chi connectivity index (χ1n) is 11.7. The van der Waals surface area contributed by atoms with Crippen LogP contribution in [0.5, 0.6) is 0 Å². The van der Waals surface area contributed by atoms with Crippen LogP contribution >= 0.6 is 11.3 Å². The second-order valence-corrected chi connectivity index (χ2v) is 9.89. The van der Waals surface area contributed by atoms with Crippen molar-refractivity contribution in [3.8, 4) is 11.1 Å². The Morgan fingerprint density at radius 3 is 2.71 bits per heavy atom. The van der Waals surface area contributed by atoms with Gasteiger partial charge in [0.05, 0.1) is 17.5 Å². The van der Waals surface area contributed by atoms with E-state index in [1.165, 1.54) is 16.9 Å². The van der Waals surface area contributed by atoms with Crippen LogP contribution in [0.25, 0.3) is 21.3 Å². The van der Waals surface area contributed by atoms with Crippen molar-refractivity contribution >= 4 is 33.4 Å². The van der Waals surface area contributed by atoms with Crippen molar-refractivity contribution in [1.82, 2.24) is 15.3 Å². The zero-order valence-corrected chi connectivity index (χ0v) is 20.2. The van der Waals surface area contributed by atoms with Crippen molar-refractivity contribution in [2.75, 3.05) is 18.0 Å². The maximum Gasteiger partial charge on any atom is 0.270 e. The fourth-order valence-corrected chi connectivity index (χ4v) is 5.45. The first-order chi connectivity index (χ1) is 16.5. The molecule has 1 fully saturated rings. The molecule has 5 rings (SSSR count). The van der Waals surface area contributed by atoms with Crippen LogP contribution in [0.2, 0.25) is 0 Å². The number of carbonyl (C=O) groups excluding carboxylic acids is 1. The lowest BCUT2D eigenvalue weighted by molar-refractivity contribution is -0.125. The Balaban J connectivity index is 1.38. The third-order valence-electron chi connectivity index (χ3n) is 6.53. The quantitative estimate of drug-likeness (QED) is 0.426. The summed E-state index contributed by atoms with van der Waals surface area (Å²) in [6.45, 7) is 5.35. The summed E-state index contributed by atoms with van der Waals surface area (Å²) in [5.41, 5.74) is 4.88. The Labute approximate surface area is 202 Å². The summed E-state index contributed by atoms with van der Waals surface area (Å²) < 4.78 is 0.627. The van der Waals surface area contributed by atoms with E-state index in [4.69, 9.17) is 4.98 Å². The highest BCUT2D eigenvalue weighted by Gasteiger charge is 2.28. The number of anilines is 1. The van der Waals surface area contributed by atoms with Crippen molar-refractivity contribution in [2.24, 2.45) is 5.92 Å². The van der Waals surface area contributed by atoms with Gasteiger partial charge in [0.2, 0.25) is 11.9 Å². The first-order valence-corrected chi connectivity index (χ1v) is 12.6. The van der Waals surface area contributed by atoms with Crippen LogP contribution in [-0.2, 0) is 4.79 Å². The van der Waals surface area contributed by atoms with Crippen LogP contribution in [0.1, 0.15) is 36.9 Å². The van der Waals surface area contributed by atoms with Gasteiger partial charge in [-0.1, -0.05) is 60.2 Å². The van der Waals surface area contributed by atoms with Crippen LogP contribution in [0.4, 0.5) is 5.95 Å². The Kier molecular flexibility index (Phi) is 6.20. The highest BCUT2D eigenvalue weighted by Crippen LogP contribution is 2.32. The summed E-state index contributed by atoms with van der Waals surface area (Å²) in [5, 5.41) is 5.15. The molecule has 1 aliphatic heterocycles. The minimum absolute atomic E-state index is 0.0420. The molecule has 2 atom stereocenters. The van der Waals surface area contributed by atoms with Gasteiger partial charge >= 0.3 is 0 Å².